The van der Waals surface area contributed by atoms with Gasteiger partial charge in [-0.1, -0.05) is 0 Å². The van der Waals surface area contributed by atoms with Crippen molar-refractivity contribution in [2.24, 2.45) is 5.92 Å². The van der Waals surface area contributed by atoms with Gasteiger partial charge in [0.1, 0.15) is 11.4 Å². The molecule has 4 rings (SSSR count). The van der Waals surface area contributed by atoms with Crippen LogP contribution in [0.4, 0.5) is 14.5 Å². The number of aromatic hydroxyl groups is 1. The lowest BCUT2D eigenvalue weighted by molar-refractivity contribution is -0.0167. The van der Waals surface area contributed by atoms with Crippen molar-refractivity contribution in [3.05, 3.63) is 33.9 Å². The summed E-state index contributed by atoms with van der Waals surface area (Å²) in [6, 6.07) is 1.11. The molecule has 0 radical (unpaired) electrons. The van der Waals surface area contributed by atoms with Gasteiger partial charge >= 0.3 is 0 Å². The Balaban J connectivity index is 1.83. The van der Waals surface area contributed by atoms with Crippen molar-refractivity contribution in [1.29, 1.82) is 0 Å². The third-order valence-electron chi connectivity index (χ3n) is 6.23. The molecule has 2 fully saturated rings. The monoisotopic (exact) mass is 420 g/mol. The normalized spacial score (nSPS) is 20.7. The number of hydrogen-bond acceptors (Lipinski definition) is 5. The first kappa shape index (κ1) is 20.8. The lowest BCUT2D eigenvalue weighted by atomic mass is 9.90. The van der Waals surface area contributed by atoms with Gasteiger partial charge in [0.2, 0.25) is 0 Å². The van der Waals surface area contributed by atoms with Crippen LogP contribution in [0.15, 0.2) is 17.1 Å². The third-order valence-corrected chi connectivity index (χ3v) is 6.23. The number of phenols is 1. The second-order valence-corrected chi connectivity index (χ2v) is 9.02. The molecule has 0 spiro atoms. The topological polar surface area (TPSA) is 82.8 Å². The van der Waals surface area contributed by atoms with E-state index in [1.165, 1.54) is 27.0 Å². The largest absolute Gasteiger partial charge is 0.504 e. The van der Waals surface area contributed by atoms with Gasteiger partial charge in [-0.05, 0) is 46.1 Å². The van der Waals surface area contributed by atoms with Crippen LogP contribution in [0.2, 0.25) is 0 Å². The molecular weight excluding hydrogens is 394 g/mol. The number of benzene rings is 1. The molecule has 8 heteroatoms. The van der Waals surface area contributed by atoms with Crippen LogP contribution in [0.5, 0.6) is 5.75 Å². The van der Waals surface area contributed by atoms with Gasteiger partial charge < -0.3 is 19.7 Å². The van der Waals surface area contributed by atoms with Crippen LogP contribution in [0.25, 0.3) is 10.9 Å². The van der Waals surface area contributed by atoms with Gasteiger partial charge in [-0.25, -0.2) is 8.78 Å². The molecule has 1 saturated carbocycles. The van der Waals surface area contributed by atoms with Crippen LogP contribution in [0, 0.1) is 11.7 Å². The summed E-state index contributed by atoms with van der Waals surface area (Å²) in [6.45, 7) is 4.41. The number of carbonyl (C=O) groups is 1. The average Bonchev–Trinajstić information content (AvgIpc) is 3.38. The molecule has 1 aliphatic heterocycles. The van der Waals surface area contributed by atoms with E-state index in [1.54, 1.807) is 9.47 Å². The molecule has 6 nitrogen and oxygen atoms in total. The molecular formula is C22H26F2N2O4. The number of fused-ring (bicyclic) bond motifs is 1. The number of aliphatic hydroxyl groups excluding tert-OH is 1. The van der Waals surface area contributed by atoms with Crippen molar-refractivity contribution in [1.82, 2.24) is 4.57 Å². The zero-order valence-corrected chi connectivity index (χ0v) is 17.3. The van der Waals surface area contributed by atoms with Crippen LogP contribution in [0.1, 0.15) is 56.4 Å². The van der Waals surface area contributed by atoms with E-state index in [1.807, 2.05) is 0 Å². The minimum Gasteiger partial charge on any atom is -0.504 e. The summed E-state index contributed by atoms with van der Waals surface area (Å²) < 4.78 is 30.9. The zero-order chi connectivity index (χ0) is 22.0. The molecule has 1 aromatic heterocycles. The summed E-state index contributed by atoms with van der Waals surface area (Å²) in [5.74, 6) is -1.97. The van der Waals surface area contributed by atoms with E-state index in [9.17, 15) is 24.2 Å². The number of carbonyl (C=O) groups excluding carboxylic acids is 1. The van der Waals surface area contributed by atoms with Gasteiger partial charge in [0.25, 0.3) is 0 Å². The first-order valence-corrected chi connectivity index (χ1v) is 10.2. The van der Waals surface area contributed by atoms with Gasteiger partial charge in [0.15, 0.2) is 22.8 Å². The van der Waals surface area contributed by atoms with E-state index in [4.69, 9.17) is 0 Å². The SMILES string of the molecule is CC(=O)c1cn(C2CC2)c2c(O)c(N3CCC(C(O)C(C)(C)F)C3)c(F)cc2c1=O. The number of aromatic nitrogens is 1. The number of alkyl halides is 1. The van der Waals surface area contributed by atoms with E-state index in [-0.39, 0.29) is 40.5 Å². The minimum absolute atomic E-state index is 0.0320. The quantitative estimate of drug-likeness (QED) is 0.725. The van der Waals surface area contributed by atoms with E-state index < -0.39 is 34.7 Å². The molecule has 1 saturated heterocycles. The number of hydrogen-bond donors (Lipinski definition) is 2. The van der Waals surface area contributed by atoms with E-state index in [2.05, 4.69) is 0 Å². The summed E-state index contributed by atoms with van der Waals surface area (Å²) in [5.41, 5.74) is -2.28. The van der Waals surface area contributed by atoms with Crippen molar-refractivity contribution in [2.45, 2.75) is 57.8 Å². The highest BCUT2D eigenvalue weighted by Gasteiger charge is 2.39. The number of nitrogens with zero attached hydrogens (tertiary/aromatic N) is 2. The fourth-order valence-electron chi connectivity index (χ4n) is 4.46. The Hall–Kier alpha value is -2.48. The molecule has 2 heterocycles. The molecule has 0 bridgehead atoms. The Morgan fingerprint density at radius 3 is 2.53 bits per heavy atom. The molecule has 2 atom stereocenters. The highest BCUT2D eigenvalue weighted by molar-refractivity contribution is 5.99. The number of pyridine rings is 1. The summed E-state index contributed by atoms with van der Waals surface area (Å²) in [4.78, 5) is 26.2. The number of rotatable bonds is 5. The number of halogens is 2. The van der Waals surface area contributed by atoms with Gasteiger partial charge in [0.05, 0.1) is 22.6 Å². The van der Waals surface area contributed by atoms with Gasteiger partial charge in [-0.15, -0.1) is 0 Å². The Labute approximate surface area is 172 Å². The smallest absolute Gasteiger partial charge is 0.200 e. The number of aliphatic hydroxyl groups is 1. The van der Waals surface area contributed by atoms with Gasteiger partial charge in [-0.3, -0.25) is 9.59 Å². The average molecular weight is 420 g/mol. The third kappa shape index (κ3) is 3.37. The second-order valence-electron chi connectivity index (χ2n) is 9.02. The minimum atomic E-state index is -1.79. The zero-order valence-electron chi connectivity index (χ0n) is 17.3. The Kier molecular flexibility index (Phi) is 4.88. The van der Waals surface area contributed by atoms with Crippen molar-refractivity contribution in [3.63, 3.8) is 0 Å². The lowest BCUT2D eigenvalue weighted by Crippen LogP contribution is -2.39. The number of ketones is 1. The van der Waals surface area contributed by atoms with Crippen molar-refractivity contribution >= 4 is 22.4 Å². The summed E-state index contributed by atoms with van der Waals surface area (Å²) in [7, 11) is 0. The molecule has 2 aliphatic rings. The molecule has 1 aromatic carbocycles. The molecule has 0 amide bonds. The Morgan fingerprint density at radius 2 is 1.97 bits per heavy atom. The summed E-state index contributed by atoms with van der Waals surface area (Å²) in [5, 5.41) is 21.3. The van der Waals surface area contributed by atoms with Gasteiger partial charge in [0, 0.05) is 31.2 Å². The van der Waals surface area contributed by atoms with Crippen LogP contribution >= 0.6 is 0 Å². The maximum absolute atomic E-state index is 15.1. The van der Waals surface area contributed by atoms with Crippen molar-refractivity contribution < 1.29 is 23.8 Å². The molecule has 30 heavy (non-hydrogen) atoms. The summed E-state index contributed by atoms with van der Waals surface area (Å²) >= 11 is 0. The maximum Gasteiger partial charge on any atom is 0.200 e. The first-order chi connectivity index (χ1) is 14.0. The maximum atomic E-state index is 15.1. The van der Waals surface area contributed by atoms with Crippen molar-refractivity contribution in [2.75, 3.05) is 18.0 Å². The van der Waals surface area contributed by atoms with E-state index in [0.717, 1.165) is 18.9 Å². The van der Waals surface area contributed by atoms with Crippen LogP contribution in [-0.2, 0) is 0 Å². The molecule has 2 N–H and O–H groups in total. The van der Waals surface area contributed by atoms with E-state index >= 15 is 4.39 Å². The van der Waals surface area contributed by atoms with Crippen LogP contribution in [-0.4, -0.2) is 45.4 Å². The second kappa shape index (κ2) is 7.04. The molecule has 2 unspecified atom stereocenters. The van der Waals surface area contributed by atoms with Crippen LogP contribution in [0.3, 0.4) is 0 Å². The highest BCUT2D eigenvalue weighted by atomic mass is 19.1. The first-order valence-electron chi connectivity index (χ1n) is 10.2. The van der Waals surface area contributed by atoms with E-state index in [0.29, 0.717) is 13.0 Å². The molecule has 1 aliphatic carbocycles. The predicted molar refractivity (Wildman–Crippen MR) is 110 cm³/mol. The highest BCUT2D eigenvalue weighted by Crippen LogP contribution is 2.44. The number of anilines is 1. The van der Waals surface area contributed by atoms with Crippen LogP contribution < -0.4 is 10.3 Å². The predicted octanol–water partition coefficient (Wildman–Crippen LogP) is 3.32. The fraction of sp³-hybridized carbons (Fsp3) is 0.545. The fourth-order valence-corrected chi connectivity index (χ4v) is 4.46. The Morgan fingerprint density at radius 1 is 1.30 bits per heavy atom. The standard InChI is InChI=1S/C22H26F2N2O4/c1-11(27)15-10-26(13-4-5-13)17-14(19(15)28)8-16(23)18(20(17)29)25-7-6-12(9-25)21(30)22(2,3)24/h8,10,12-13,21,29-30H,4-7,9H2,1-3H3. The molecule has 2 aromatic rings. The number of phenolic OH excluding ortho intramolecular Hbond substituents is 1. The molecule has 162 valence electrons. The summed E-state index contributed by atoms with van der Waals surface area (Å²) in [6.07, 6.45) is 2.37. The van der Waals surface area contributed by atoms with Gasteiger partial charge in [-0.2, -0.15) is 0 Å². The number of Topliss-reactive ketones (excluding diaryl/α,β-unsaturated/α-hetero) is 1. The lowest BCUT2D eigenvalue weighted by Gasteiger charge is -2.28. The Bertz CT molecular complexity index is 1090. The van der Waals surface area contributed by atoms with Crippen molar-refractivity contribution in [3.8, 4) is 5.75 Å².